The van der Waals surface area contributed by atoms with Gasteiger partial charge in [0.25, 0.3) is 11.8 Å². The zero-order valence-electron chi connectivity index (χ0n) is 47.3. The fraction of sp³-hybridized carbons (Fsp3) is 0.379. The van der Waals surface area contributed by atoms with Gasteiger partial charge < -0.3 is 61.6 Å². The molecule has 0 fully saturated rings. The number of aromatic nitrogens is 2. The van der Waals surface area contributed by atoms with Crippen LogP contribution in [0.1, 0.15) is 109 Å². The highest BCUT2D eigenvalue weighted by Crippen LogP contribution is 2.61. The van der Waals surface area contributed by atoms with Crippen LogP contribution in [0, 0.1) is 0 Å². The van der Waals surface area contributed by atoms with Gasteiger partial charge in [0.1, 0.15) is 36.3 Å². The number of rotatable bonds is 31. The fourth-order valence-corrected chi connectivity index (χ4v) is 12.7. The Hall–Kier alpha value is -6.15. The smallest absolute Gasteiger partial charge is 0.363 e. The van der Waals surface area contributed by atoms with Gasteiger partial charge in [0.05, 0.1) is 69.6 Å². The number of pyridine rings is 2. The van der Waals surface area contributed by atoms with Crippen molar-refractivity contribution in [2.75, 3.05) is 77.9 Å². The van der Waals surface area contributed by atoms with Crippen LogP contribution < -0.4 is 19.1 Å². The molecule has 3 N–H and O–H groups in total. The van der Waals surface area contributed by atoms with Crippen LogP contribution in [-0.2, 0) is 47.4 Å². The molecule has 24 heteroatoms. The van der Waals surface area contributed by atoms with Crippen molar-refractivity contribution >= 4 is 40.4 Å². The molecule has 7 rings (SSSR count). The third-order valence-corrected chi connectivity index (χ3v) is 18.2. The lowest BCUT2D eigenvalue weighted by molar-refractivity contribution is 0.0646. The van der Waals surface area contributed by atoms with Gasteiger partial charge in [-0.3, -0.25) is 33.2 Å². The second-order valence-electron chi connectivity index (χ2n) is 17.5. The molecule has 3 unspecified atom stereocenters. The lowest BCUT2D eigenvalue weighted by atomic mass is 10.1. The number of benzene rings is 4. The van der Waals surface area contributed by atoms with Crippen LogP contribution in [0.4, 0.5) is 5.82 Å². The number of imide groups is 1. The third kappa shape index (κ3) is 19.2. The summed E-state index contributed by atoms with van der Waals surface area (Å²) in [5, 5.41) is 31.2. The summed E-state index contributed by atoms with van der Waals surface area (Å²) in [5.74, 6) is -1.93. The zero-order valence-corrected chi connectivity index (χ0v) is 49.9. The van der Waals surface area contributed by atoms with Crippen molar-refractivity contribution in [2.45, 2.75) is 72.1 Å². The first-order valence-corrected chi connectivity index (χ1v) is 31.7. The maximum absolute atomic E-state index is 12.7. The first-order chi connectivity index (χ1) is 39.5. The van der Waals surface area contributed by atoms with Crippen molar-refractivity contribution in [1.29, 1.82) is 0 Å². The first-order valence-electron chi connectivity index (χ1n) is 26.9. The molecule has 444 valence electrons. The van der Waals surface area contributed by atoms with E-state index in [4.69, 9.17) is 41.4 Å². The van der Waals surface area contributed by atoms with E-state index in [2.05, 4.69) is 9.97 Å². The van der Waals surface area contributed by atoms with Gasteiger partial charge >= 0.3 is 22.8 Å². The standard InChI is InChI=1S/C22H26NO7P.C19H27N2O5P.C17H22NO5P/c1-3-29-31(27,30-4-2)22(26)16-10-12-17(13-11-16)28-15-7-14-23-20(24)18-8-5-6-9-19(18)21(23)25;1-4-25-27(23,26-5-2)19(22)16-9-11-17(12-10-16)24-15-14-21(3)18-8-6-7-13-20-18;1-3-22-24(20,23-4-2)17(19)14-8-10-16(11-9-14)21-13-15-7-5-6-12-18-15/h5-6,8-13,22,26H,3-4,7,14-15H2,1-2H3;6-13,19,22H,4-5,14-15H2,1-3H3;5-12,17,19H,3-4,13H2,1-2H3. The predicted octanol–water partition coefficient (Wildman–Crippen LogP) is 11.8. The Morgan fingerprint density at radius 2 is 0.841 bits per heavy atom. The van der Waals surface area contributed by atoms with Crippen LogP contribution in [0.25, 0.3) is 0 Å². The third-order valence-electron chi connectivity index (χ3n) is 11.8. The molecule has 3 heterocycles. The van der Waals surface area contributed by atoms with Gasteiger partial charge in [0.15, 0.2) is 17.5 Å². The van der Waals surface area contributed by atoms with Gasteiger partial charge in [-0.05, 0) is 137 Å². The van der Waals surface area contributed by atoms with E-state index in [9.17, 15) is 38.6 Å². The number of ether oxygens (including phenoxy) is 3. The molecule has 0 spiro atoms. The summed E-state index contributed by atoms with van der Waals surface area (Å²) in [4.78, 5) is 36.4. The fourth-order valence-electron chi connectivity index (χ4n) is 7.86. The van der Waals surface area contributed by atoms with Crippen molar-refractivity contribution in [1.82, 2.24) is 14.9 Å². The van der Waals surface area contributed by atoms with Crippen LogP contribution in [0.2, 0.25) is 0 Å². The van der Waals surface area contributed by atoms with Gasteiger partial charge in [0, 0.05) is 26.0 Å². The van der Waals surface area contributed by atoms with Gasteiger partial charge in [-0.15, -0.1) is 0 Å². The molecule has 0 radical (unpaired) electrons. The largest absolute Gasteiger partial charge is 0.494 e. The van der Waals surface area contributed by atoms with Crippen LogP contribution in [0.3, 0.4) is 0 Å². The number of nitrogens with zero attached hydrogens (tertiary/aromatic N) is 4. The van der Waals surface area contributed by atoms with Crippen molar-refractivity contribution in [3.8, 4) is 17.2 Å². The van der Waals surface area contributed by atoms with E-state index in [0.717, 1.165) is 11.5 Å². The Bertz CT molecular complexity index is 2940. The van der Waals surface area contributed by atoms with Crippen LogP contribution >= 0.6 is 22.8 Å². The normalized spacial score (nSPS) is 13.4. The number of likely N-dealkylation sites (N-methyl/N-ethyl adjacent to an activating group) is 1. The maximum Gasteiger partial charge on any atom is 0.363 e. The topological polar surface area (TPSA) is 261 Å². The summed E-state index contributed by atoms with van der Waals surface area (Å²) in [6.45, 7) is 13.3. The maximum atomic E-state index is 12.7. The van der Waals surface area contributed by atoms with Crippen molar-refractivity contribution in [3.05, 3.63) is 179 Å². The van der Waals surface area contributed by atoms with E-state index in [-0.39, 0.29) is 58.0 Å². The van der Waals surface area contributed by atoms with Crippen LogP contribution in [0.15, 0.2) is 146 Å². The number of fused-ring (bicyclic) bond motifs is 1. The predicted molar refractivity (Wildman–Crippen MR) is 310 cm³/mol. The molecule has 1 aliphatic rings. The number of aliphatic hydroxyl groups excluding tert-OH is 3. The van der Waals surface area contributed by atoms with Crippen molar-refractivity contribution in [3.63, 3.8) is 0 Å². The Kier molecular flexibility index (Phi) is 27.5. The van der Waals surface area contributed by atoms with Gasteiger partial charge in [-0.25, -0.2) is 4.98 Å². The van der Waals surface area contributed by atoms with Crippen molar-refractivity contribution in [2.24, 2.45) is 0 Å². The zero-order chi connectivity index (χ0) is 59.5. The van der Waals surface area contributed by atoms with Gasteiger partial charge in [0.2, 0.25) is 0 Å². The number of aliphatic hydroxyl groups is 3. The van der Waals surface area contributed by atoms with E-state index in [1.165, 1.54) is 4.90 Å². The monoisotopic (exact) mass is 1190 g/mol. The first kappa shape index (κ1) is 66.6. The molecule has 3 atom stereocenters. The average molecular weight is 1190 g/mol. The number of carbonyl (C=O) groups is 2. The molecule has 21 nitrogen and oxygen atoms in total. The Balaban J connectivity index is 0.000000227. The lowest BCUT2D eigenvalue weighted by Gasteiger charge is -2.22. The number of amides is 2. The highest BCUT2D eigenvalue weighted by molar-refractivity contribution is 7.54. The molecule has 4 aromatic carbocycles. The highest BCUT2D eigenvalue weighted by Gasteiger charge is 2.38. The summed E-state index contributed by atoms with van der Waals surface area (Å²) in [6, 6.07) is 38.0. The Labute approximate surface area is 480 Å². The molecular formula is C58H75N4O17P3. The SMILES string of the molecule is CCOP(=O)(OCC)C(O)c1ccc(OCCCN2C(=O)c3ccccc3C2=O)cc1.CCOP(=O)(OCC)C(O)c1ccc(OCCN(C)c2ccccn2)cc1.CCOP(=O)(OCC)C(O)c1ccc(OCc2ccccn2)cc1. The van der Waals surface area contributed by atoms with Crippen LogP contribution in [0.5, 0.6) is 17.2 Å². The Morgan fingerprint density at radius 3 is 1.21 bits per heavy atom. The number of hydrogen-bond donors (Lipinski definition) is 3. The number of carbonyl (C=O) groups excluding carboxylic acids is 2. The molecule has 0 saturated carbocycles. The minimum Gasteiger partial charge on any atom is -0.494 e. The van der Waals surface area contributed by atoms with Gasteiger partial charge in [-0.2, -0.15) is 0 Å². The lowest BCUT2D eigenvalue weighted by Crippen LogP contribution is -2.31. The summed E-state index contributed by atoms with van der Waals surface area (Å²) >= 11 is 0. The molecule has 1 aliphatic heterocycles. The molecule has 0 saturated heterocycles. The van der Waals surface area contributed by atoms with E-state index in [1.54, 1.807) is 151 Å². The molecule has 6 aromatic rings. The molecule has 2 aromatic heterocycles. The molecule has 2 amide bonds. The quantitative estimate of drug-likeness (QED) is 0.0207. The summed E-state index contributed by atoms with van der Waals surface area (Å²) in [6.07, 6.45) is 3.93. The van der Waals surface area contributed by atoms with E-state index >= 15 is 0 Å². The molecular weight excluding hydrogens is 1120 g/mol. The summed E-state index contributed by atoms with van der Waals surface area (Å²) < 4.78 is 86.0. The van der Waals surface area contributed by atoms with E-state index < -0.39 is 40.3 Å². The Morgan fingerprint density at radius 1 is 0.476 bits per heavy atom. The molecule has 0 aliphatic carbocycles. The second-order valence-corrected chi connectivity index (χ2v) is 23.8. The molecule has 0 bridgehead atoms. The van der Waals surface area contributed by atoms with Gasteiger partial charge in [-0.1, -0.05) is 60.7 Å². The summed E-state index contributed by atoms with van der Waals surface area (Å²) in [7, 11) is -8.95. The minimum atomic E-state index is -3.68. The van der Waals surface area contributed by atoms with Crippen molar-refractivity contribution < 1.29 is 80.0 Å². The average Bonchev–Trinajstić information content (AvgIpc) is 3.96. The van der Waals surface area contributed by atoms with E-state index in [1.807, 2.05) is 48.3 Å². The number of hydrogen-bond acceptors (Lipinski definition) is 20. The molecule has 82 heavy (non-hydrogen) atoms. The summed E-state index contributed by atoms with van der Waals surface area (Å²) in [5.41, 5.74) is 2.98. The highest BCUT2D eigenvalue weighted by atomic mass is 31.2. The minimum absolute atomic E-state index is 0.155. The van der Waals surface area contributed by atoms with E-state index in [0.29, 0.717) is 77.9 Å². The van der Waals surface area contributed by atoms with Crippen LogP contribution in [-0.4, -0.2) is 115 Å². The second kappa shape index (κ2) is 33.8. The number of anilines is 1.